The highest BCUT2D eigenvalue weighted by molar-refractivity contribution is 5.49. The number of methoxy groups -OCH3 is 4. The predicted octanol–water partition coefficient (Wildman–Crippen LogP) is 5.37. The summed E-state index contributed by atoms with van der Waals surface area (Å²) in [7, 11) is 8.79. The molecule has 1 unspecified atom stereocenters. The molecule has 0 aromatic heterocycles. The lowest BCUT2D eigenvalue weighted by Crippen LogP contribution is -2.38. The van der Waals surface area contributed by atoms with Crippen molar-refractivity contribution in [2.24, 2.45) is 5.92 Å². The van der Waals surface area contributed by atoms with E-state index in [0.717, 1.165) is 49.3 Å². The van der Waals surface area contributed by atoms with E-state index in [1.807, 2.05) is 18.2 Å². The summed E-state index contributed by atoms with van der Waals surface area (Å²) in [6, 6.07) is 13.2. The molecule has 0 aliphatic carbocycles. The van der Waals surface area contributed by atoms with E-state index < -0.39 is 5.41 Å². The fourth-order valence-corrected chi connectivity index (χ4v) is 5.18. The molecular weight excluding hydrogens is 428 g/mol. The molecule has 0 fully saturated rings. The van der Waals surface area contributed by atoms with Gasteiger partial charge >= 0.3 is 0 Å². The van der Waals surface area contributed by atoms with Crippen molar-refractivity contribution in [1.82, 2.24) is 4.90 Å². The summed E-state index contributed by atoms with van der Waals surface area (Å²) in [6.07, 6.45) is 3.73. The zero-order chi connectivity index (χ0) is 24.9. The largest absolute Gasteiger partial charge is 0.493 e. The molecule has 1 heterocycles. The third-order valence-corrected chi connectivity index (χ3v) is 7.40. The van der Waals surface area contributed by atoms with Gasteiger partial charge in [-0.05, 0) is 79.6 Å². The Kier molecular flexibility index (Phi) is 8.33. The molecule has 0 spiro atoms. The molecule has 3 rings (SSSR count). The Morgan fingerprint density at radius 2 is 1.53 bits per heavy atom. The topological polar surface area (TPSA) is 64.0 Å². The lowest BCUT2D eigenvalue weighted by Gasteiger charge is -2.36. The maximum absolute atomic E-state index is 10.4. The Bertz CT molecular complexity index is 1030. The Morgan fingerprint density at radius 3 is 2.09 bits per heavy atom. The summed E-state index contributed by atoms with van der Waals surface area (Å²) in [5.41, 5.74) is 3.01. The van der Waals surface area contributed by atoms with Gasteiger partial charge in [-0.15, -0.1) is 0 Å². The van der Waals surface area contributed by atoms with Gasteiger partial charge < -0.3 is 18.9 Å². The molecule has 0 saturated carbocycles. The number of hydrogen-bond donors (Lipinski definition) is 0. The summed E-state index contributed by atoms with van der Waals surface area (Å²) in [5, 5.41) is 10.4. The van der Waals surface area contributed by atoms with Crippen LogP contribution in [0.15, 0.2) is 30.3 Å². The molecule has 2 atom stereocenters. The number of rotatable bonds is 10. The average molecular weight is 467 g/mol. The number of fused-ring (bicyclic) bond motifs is 1. The van der Waals surface area contributed by atoms with Crippen molar-refractivity contribution in [3.8, 4) is 29.1 Å². The van der Waals surface area contributed by atoms with Crippen LogP contribution in [-0.4, -0.2) is 46.4 Å². The first-order valence-corrected chi connectivity index (χ1v) is 11.9. The first kappa shape index (κ1) is 25.7. The third kappa shape index (κ3) is 4.95. The van der Waals surface area contributed by atoms with E-state index in [2.05, 4.69) is 44.0 Å². The number of hydrogen-bond acceptors (Lipinski definition) is 6. The molecule has 0 saturated heterocycles. The Hall–Kier alpha value is -2.91. The van der Waals surface area contributed by atoms with E-state index in [1.54, 1.807) is 28.4 Å². The molecule has 2 aromatic carbocycles. The molecule has 184 valence electrons. The van der Waals surface area contributed by atoms with Crippen molar-refractivity contribution in [2.45, 2.75) is 57.5 Å². The van der Waals surface area contributed by atoms with E-state index in [1.165, 1.54) is 11.1 Å². The van der Waals surface area contributed by atoms with Gasteiger partial charge in [0.25, 0.3) is 0 Å². The van der Waals surface area contributed by atoms with Crippen LogP contribution in [-0.2, 0) is 18.4 Å². The zero-order valence-electron chi connectivity index (χ0n) is 21.6. The van der Waals surface area contributed by atoms with Crippen LogP contribution < -0.4 is 18.9 Å². The SMILES string of the molecule is COc1ccc(C(C#N)(CCC[C@@H]2Cc3cc(OC)c(OC)cc3CN2C)C(C)C)cc1OC. The lowest BCUT2D eigenvalue weighted by molar-refractivity contribution is 0.194. The maximum atomic E-state index is 10.4. The van der Waals surface area contributed by atoms with Crippen LogP contribution in [0, 0.1) is 17.2 Å². The molecule has 0 bridgehead atoms. The van der Waals surface area contributed by atoms with Gasteiger partial charge in [0.2, 0.25) is 0 Å². The molecule has 0 amide bonds. The fourth-order valence-electron chi connectivity index (χ4n) is 5.18. The molecular formula is C28H38N2O4. The second kappa shape index (κ2) is 11.0. The van der Waals surface area contributed by atoms with Gasteiger partial charge in [0.1, 0.15) is 0 Å². The summed E-state index contributed by atoms with van der Waals surface area (Å²) >= 11 is 0. The fraction of sp³-hybridized carbons (Fsp3) is 0.536. The van der Waals surface area contributed by atoms with Crippen LogP contribution in [0.25, 0.3) is 0 Å². The van der Waals surface area contributed by atoms with Gasteiger partial charge in [0, 0.05) is 12.6 Å². The number of benzene rings is 2. The Morgan fingerprint density at radius 1 is 0.941 bits per heavy atom. The predicted molar refractivity (Wildman–Crippen MR) is 134 cm³/mol. The molecule has 0 radical (unpaired) electrons. The van der Waals surface area contributed by atoms with Crippen molar-refractivity contribution < 1.29 is 18.9 Å². The summed E-state index contributed by atoms with van der Waals surface area (Å²) in [4.78, 5) is 2.41. The first-order valence-electron chi connectivity index (χ1n) is 11.9. The van der Waals surface area contributed by atoms with Crippen LogP contribution in [0.3, 0.4) is 0 Å². The second-order valence-electron chi connectivity index (χ2n) is 9.45. The van der Waals surface area contributed by atoms with E-state index in [9.17, 15) is 5.26 Å². The lowest BCUT2D eigenvalue weighted by atomic mass is 9.69. The van der Waals surface area contributed by atoms with Crippen LogP contribution in [0.5, 0.6) is 23.0 Å². The molecule has 6 heteroatoms. The Balaban J connectivity index is 1.77. The second-order valence-corrected chi connectivity index (χ2v) is 9.45. The number of likely N-dealkylation sites (N-methyl/N-ethyl adjacent to an activating group) is 1. The summed E-state index contributed by atoms with van der Waals surface area (Å²) in [6.45, 7) is 5.13. The van der Waals surface area contributed by atoms with Gasteiger partial charge in [0.15, 0.2) is 23.0 Å². The van der Waals surface area contributed by atoms with Gasteiger partial charge in [-0.2, -0.15) is 5.26 Å². The van der Waals surface area contributed by atoms with Gasteiger partial charge in [-0.1, -0.05) is 19.9 Å². The van der Waals surface area contributed by atoms with Gasteiger partial charge in [0.05, 0.1) is 39.9 Å². The van der Waals surface area contributed by atoms with E-state index >= 15 is 0 Å². The maximum Gasteiger partial charge on any atom is 0.161 e. The van der Waals surface area contributed by atoms with Crippen molar-refractivity contribution in [3.63, 3.8) is 0 Å². The molecule has 0 N–H and O–H groups in total. The van der Waals surface area contributed by atoms with Crippen LogP contribution in [0.1, 0.15) is 49.8 Å². The highest BCUT2D eigenvalue weighted by Gasteiger charge is 2.37. The molecule has 1 aliphatic rings. The normalized spacial score (nSPS) is 17.4. The third-order valence-electron chi connectivity index (χ3n) is 7.40. The average Bonchev–Trinajstić information content (AvgIpc) is 2.85. The van der Waals surface area contributed by atoms with Gasteiger partial charge in [-0.3, -0.25) is 4.90 Å². The van der Waals surface area contributed by atoms with Gasteiger partial charge in [-0.25, -0.2) is 0 Å². The van der Waals surface area contributed by atoms with Crippen molar-refractivity contribution in [2.75, 3.05) is 35.5 Å². The summed E-state index contributed by atoms with van der Waals surface area (Å²) < 4.78 is 21.9. The Labute approximate surface area is 204 Å². The molecule has 2 aromatic rings. The van der Waals surface area contributed by atoms with E-state index in [4.69, 9.17) is 18.9 Å². The van der Waals surface area contributed by atoms with E-state index in [-0.39, 0.29) is 5.92 Å². The van der Waals surface area contributed by atoms with Crippen molar-refractivity contribution in [1.29, 1.82) is 5.26 Å². The minimum absolute atomic E-state index is 0.164. The van der Waals surface area contributed by atoms with E-state index in [0.29, 0.717) is 17.5 Å². The first-order chi connectivity index (χ1) is 16.3. The minimum Gasteiger partial charge on any atom is -0.493 e. The standard InChI is InChI=1S/C28H38N2O4/c1-19(2)28(18-29,22-10-11-24(31-4)27(16-22)34-7)12-8-9-23-13-20-14-25(32-5)26(33-6)15-21(20)17-30(23)3/h10-11,14-16,19,23H,8-9,12-13,17H2,1-7H3/t23-,28?/m1/s1. The number of ether oxygens (including phenoxy) is 4. The van der Waals surface area contributed by atoms with Crippen molar-refractivity contribution >= 4 is 0 Å². The quantitative estimate of drug-likeness (QED) is 0.469. The molecule has 34 heavy (non-hydrogen) atoms. The van der Waals surface area contributed by atoms with Crippen LogP contribution >= 0.6 is 0 Å². The van der Waals surface area contributed by atoms with Crippen molar-refractivity contribution in [3.05, 3.63) is 47.0 Å². The monoisotopic (exact) mass is 466 g/mol. The smallest absolute Gasteiger partial charge is 0.161 e. The molecule has 6 nitrogen and oxygen atoms in total. The number of nitriles is 1. The minimum atomic E-state index is -0.582. The highest BCUT2D eigenvalue weighted by Crippen LogP contribution is 2.41. The van der Waals surface area contributed by atoms with Crippen LogP contribution in [0.2, 0.25) is 0 Å². The zero-order valence-corrected chi connectivity index (χ0v) is 21.6. The van der Waals surface area contributed by atoms with Crippen LogP contribution in [0.4, 0.5) is 0 Å². The molecule has 1 aliphatic heterocycles. The highest BCUT2D eigenvalue weighted by atomic mass is 16.5. The summed E-state index contributed by atoms with van der Waals surface area (Å²) in [5.74, 6) is 3.06. The number of nitrogens with zero attached hydrogens (tertiary/aromatic N) is 2.